The average molecular weight is 253 g/mol. The molecule has 2 rings (SSSR count). The molecule has 0 aromatic rings. The molecule has 0 atom stereocenters. The molecule has 3 heteroatoms. The Labute approximate surface area is 111 Å². The molecule has 0 radical (unpaired) electrons. The van der Waals surface area contributed by atoms with Gasteiger partial charge in [-0.05, 0) is 57.9 Å². The van der Waals surface area contributed by atoms with Crippen LogP contribution in [0, 0.1) is 11.8 Å². The Balaban J connectivity index is 1.62. The average Bonchev–Trinajstić information content (AvgIpc) is 2.90. The van der Waals surface area contributed by atoms with E-state index in [0.29, 0.717) is 12.6 Å². The van der Waals surface area contributed by atoms with Gasteiger partial charge in [0.25, 0.3) is 0 Å². The van der Waals surface area contributed by atoms with Crippen molar-refractivity contribution >= 4 is 5.97 Å². The van der Waals surface area contributed by atoms with E-state index in [2.05, 4.69) is 5.32 Å². The van der Waals surface area contributed by atoms with Crippen LogP contribution < -0.4 is 5.32 Å². The van der Waals surface area contributed by atoms with E-state index in [-0.39, 0.29) is 11.9 Å². The zero-order valence-electron chi connectivity index (χ0n) is 11.6. The summed E-state index contributed by atoms with van der Waals surface area (Å²) in [6.07, 6.45) is 9.93. The third-order valence-electron chi connectivity index (χ3n) is 4.52. The maximum atomic E-state index is 11.6. The van der Waals surface area contributed by atoms with Crippen molar-refractivity contribution in [1.29, 1.82) is 0 Å². The van der Waals surface area contributed by atoms with Gasteiger partial charge in [-0.3, -0.25) is 4.79 Å². The summed E-state index contributed by atoms with van der Waals surface area (Å²) in [5.41, 5.74) is 0. The van der Waals surface area contributed by atoms with Crippen molar-refractivity contribution in [2.24, 2.45) is 11.8 Å². The molecule has 1 N–H and O–H groups in total. The molecule has 0 aliphatic heterocycles. The van der Waals surface area contributed by atoms with Crippen LogP contribution in [0.5, 0.6) is 0 Å². The Morgan fingerprint density at radius 1 is 1.11 bits per heavy atom. The number of hydrogen-bond donors (Lipinski definition) is 1. The van der Waals surface area contributed by atoms with Gasteiger partial charge < -0.3 is 10.1 Å². The monoisotopic (exact) mass is 253 g/mol. The molecule has 0 aromatic carbocycles. The third-order valence-corrected chi connectivity index (χ3v) is 4.52. The number of carbonyl (C=O) groups excluding carboxylic acids is 1. The first-order valence-electron chi connectivity index (χ1n) is 7.69. The van der Waals surface area contributed by atoms with Crippen LogP contribution >= 0.6 is 0 Å². The summed E-state index contributed by atoms with van der Waals surface area (Å²) >= 11 is 0. The number of hydrogen-bond acceptors (Lipinski definition) is 3. The van der Waals surface area contributed by atoms with Crippen LogP contribution in [0.3, 0.4) is 0 Å². The largest absolute Gasteiger partial charge is 0.466 e. The molecule has 0 heterocycles. The summed E-state index contributed by atoms with van der Waals surface area (Å²) in [6, 6.07) is 0.635. The van der Waals surface area contributed by atoms with Crippen LogP contribution in [0.1, 0.15) is 58.3 Å². The maximum Gasteiger partial charge on any atom is 0.308 e. The van der Waals surface area contributed by atoms with E-state index in [0.717, 1.165) is 31.6 Å². The fourth-order valence-corrected chi connectivity index (χ4v) is 3.34. The van der Waals surface area contributed by atoms with Crippen molar-refractivity contribution in [3.8, 4) is 0 Å². The van der Waals surface area contributed by atoms with Crippen LogP contribution in [0.15, 0.2) is 0 Å². The molecule has 2 saturated carbocycles. The Morgan fingerprint density at radius 3 is 2.39 bits per heavy atom. The first-order chi connectivity index (χ1) is 8.79. The van der Waals surface area contributed by atoms with Gasteiger partial charge in [0.2, 0.25) is 0 Å². The smallest absolute Gasteiger partial charge is 0.308 e. The van der Waals surface area contributed by atoms with Gasteiger partial charge in [0.15, 0.2) is 0 Å². The molecule has 2 fully saturated rings. The molecule has 0 unspecified atom stereocenters. The minimum Gasteiger partial charge on any atom is -0.466 e. The van der Waals surface area contributed by atoms with Crippen LogP contribution in [0.4, 0.5) is 0 Å². The fraction of sp³-hybridized carbons (Fsp3) is 0.933. The lowest BCUT2D eigenvalue weighted by atomic mass is 9.86. The number of rotatable bonds is 5. The van der Waals surface area contributed by atoms with Crippen LogP contribution in [-0.4, -0.2) is 25.2 Å². The summed E-state index contributed by atoms with van der Waals surface area (Å²) in [7, 11) is 0. The predicted octanol–water partition coefficient (Wildman–Crippen LogP) is 2.89. The molecule has 3 nitrogen and oxygen atoms in total. The van der Waals surface area contributed by atoms with Gasteiger partial charge in [-0.15, -0.1) is 0 Å². The lowest BCUT2D eigenvalue weighted by molar-refractivity contribution is -0.149. The van der Waals surface area contributed by atoms with E-state index < -0.39 is 0 Å². The minimum atomic E-state index is 0.0201. The summed E-state index contributed by atoms with van der Waals surface area (Å²) in [4.78, 5) is 11.6. The topological polar surface area (TPSA) is 38.3 Å². The Bertz CT molecular complexity index is 253. The fourth-order valence-electron chi connectivity index (χ4n) is 3.34. The molecule has 0 bridgehead atoms. The van der Waals surface area contributed by atoms with Gasteiger partial charge in [-0.2, -0.15) is 0 Å². The zero-order valence-corrected chi connectivity index (χ0v) is 11.6. The number of ether oxygens (including phenoxy) is 1. The first-order valence-corrected chi connectivity index (χ1v) is 7.69. The Kier molecular flexibility index (Phi) is 5.48. The van der Waals surface area contributed by atoms with Gasteiger partial charge in [0.05, 0.1) is 12.5 Å². The highest BCUT2D eigenvalue weighted by molar-refractivity contribution is 5.72. The van der Waals surface area contributed by atoms with Crippen molar-refractivity contribution in [1.82, 2.24) is 5.32 Å². The molecular formula is C15H27NO2. The second-order valence-corrected chi connectivity index (χ2v) is 5.86. The van der Waals surface area contributed by atoms with Crippen molar-refractivity contribution in [2.75, 3.05) is 13.2 Å². The van der Waals surface area contributed by atoms with E-state index in [1.165, 1.54) is 32.2 Å². The second kappa shape index (κ2) is 7.13. The zero-order chi connectivity index (χ0) is 12.8. The second-order valence-electron chi connectivity index (χ2n) is 5.86. The molecule has 104 valence electrons. The SMILES string of the molecule is CCOC(=O)C1CCC(NCC2CCCC2)CC1. The van der Waals surface area contributed by atoms with Crippen LogP contribution in [0.25, 0.3) is 0 Å². The first kappa shape index (κ1) is 13.9. The lowest BCUT2D eigenvalue weighted by Gasteiger charge is -2.28. The number of esters is 1. The number of carbonyl (C=O) groups is 1. The van der Waals surface area contributed by atoms with E-state index in [1.54, 1.807) is 0 Å². The summed E-state index contributed by atoms with van der Waals surface area (Å²) in [5.74, 6) is 1.09. The van der Waals surface area contributed by atoms with Crippen molar-refractivity contribution in [3.63, 3.8) is 0 Å². The standard InChI is InChI=1S/C15H27NO2/c1-2-18-15(17)13-7-9-14(10-8-13)16-11-12-5-3-4-6-12/h12-14,16H,2-11H2,1H3. The van der Waals surface area contributed by atoms with Gasteiger partial charge in [0, 0.05) is 6.04 Å². The predicted molar refractivity (Wildman–Crippen MR) is 72.3 cm³/mol. The highest BCUT2D eigenvalue weighted by atomic mass is 16.5. The van der Waals surface area contributed by atoms with Gasteiger partial charge in [0.1, 0.15) is 0 Å². The van der Waals surface area contributed by atoms with Gasteiger partial charge in [-0.25, -0.2) is 0 Å². The van der Waals surface area contributed by atoms with Crippen LogP contribution in [-0.2, 0) is 9.53 Å². The summed E-state index contributed by atoms with van der Waals surface area (Å²) in [6.45, 7) is 3.58. The molecule has 2 aliphatic rings. The van der Waals surface area contributed by atoms with Gasteiger partial charge >= 0.3 is 5.97 Å². The summed E-state index contributed by atoms with van der Waals surface area (Å²) in [5, 5.41) is 3.70. The lowest BCUT2D eigenvalue weighted by Crippen LogP contribution is -2.37. The van der Waals surface area contributed by atoms with E-state index in [4.69, 9.17) is 4.74 Å². The molecule has 18 heavy (non-hydrogen) atoms. The molecule has 0 aromatic heterocycles. The highest BCUT2D eigenvalue weighted by Crippen LogP contribution is 2.27. The quantitative estimate of drug-likeness (QED) is 0.766. The van der Waals surface area contributed by atoms with Crippen LogP contribution in [0.2, 0.25) is 0 Å². The van der Waals surface area contributed by atoms with Gasteiger partial charge in [-0.1, -0.05) is 12.8 Å². The van der Waals surface area contributed by atoms with Crippen molar-refractivity contribution in [3.05, 3.63) is 0 Å². The Hall–Kier alpha value is -0.570. The number of nitrogens with one attached hydrogen (secondary N) is 1. The minimum absolute atomic E-state index is 0.0201. The Morgan fingerprint density at radius 2 is 1.78 bits per heavy atom. The molecule has 0 amide bonds. The van der Waals surface area contributed by atoms with E-state index in [1.807, 2.05) is 6.92 Å². The molecule has 0 spiro atoms. The summed E-state index contributed by atoms with van der Waals surface area (Å²) < 4.78 is 5.10. The highest BCUT2D eigenvalue weighted by Gasteiger charge is 2.27. The van der Waals surface area contributed by atoms with E-state index in [9.17, 15) is 4.79 Å². The molecular weight excluding hydrogens is 226 g/mol. The normalized spacial score (nSPS) is 29.4. The van der Waals surface area contributed by atoms with Crippen molar-refractivity contribution in [2.45, 2.75) is 64.3 Å². The van der Waals surface area contributed by atoms with E-state index >= 15 is 0 Å². The molecule has 0 saturated heterocycles. The maximum absolute atomic E-state index is 11.6. The third kappa shape index (κ3) is 3.98. The molecule has 2 aliphatic carbocycles. The van der Waals surface area contributed by atoms with Crippen molar-refractivity contribution < 1.29 is 9.53 Å².